The van der Waals surface area contributed by atoms with Gasteiger partial charge in [0.25, 0.3) is 0 Å². The van der Waals surface area contributed by atoms with Gasteiger partial charge < -0.3 is 14.6 Å². The first-order chi connectivity index (χ1) is 8.81. The van der Waals surface area contributed by atoms with Gasteiger partial charge in [-0.05, 0) is 26.3 Å². The van der Waals surface area contributed by atoms with Crippen LogP contribution in [0, 0.1) is 0 Å². The fraction of sp³-hybridized carbons (Fsp3) is 0.846. The monoisotopic (exact) mass is 253 g/mol. The summed E-state index contributed by atoms with van der Waals surface area (Å²) in [6.07, 6.45) is 6.41. The Morgan fingerprint density at radius 1 is 1.50 bits per heavy atom. The van der Waals surface area contributed by atoms with E-state index in [9.17, 15) is 0 Å². The summed E-state index contributed by atoms with van der Waals surface area (Å²) in [5.41, 5.74) is 0. The highest BCUT2D eigenvalue weighted by atomic mass is 16.5. The van der Waals surface area contributed by atoms with Gasteiger partial charge in [0, 0.05) is 25.5 Å². The third-order valence-corrected chi connectivity index (χ3v) is 3.41. The Hall–Kier alpha value is -0.940. The van der Waals surface area contributed by atoms with Crippen LogP contribution < -0.4 is 5.32 Å². The summed E-state index contributed by atoms with van der Waals surface area (Å²) >= 11 is 0. The molecule has 1 N–H and O–H groups in total. The molecule has 1 aliphatic rings. The Labute approximate surface area is 108 Å². The Morgan fingerprint density at radius 3 is 3.06 bits per heavy atom. The third kappa shape index (κ3) is 3.78. The number of nitrogens with one attached hydrogen (secondary N) is 1. The quantitative estimate of drug-likeness (QED) is 0.801. The average Bonchev–Trinajstić information content (AvgIpc) is 3.01. The maximum atomic E-state index is 5.57. The molecule has 5 nitrogen and oxygen atoms in total. The van der Waals surface area contributed by atoms with Crippen LogP contribution >= 0.6 is 0 Å². The van der Waals surface area contributed by atoms with Crippen molar-refractivity contribution in [3.05, 3.63) is 11.7 Å². The molecule has 0 aliphatic carbocycles. The van der Waals surface area contributed by atoms with Gasteiger partial charge in [-0.1, -0.05) is 18.5 Å². The number of hydrogen-bond acceptors (Lipinski definition) is 5. The van der Waals surface area contributed by atoms with Crippen LogP contribution in [0.1, 0.15) is 44.3 Å². The molecule has 102 valence electrons. The lowest BCUT2D eigenvalue weighted by molar-refractivity contribution is 0.109. The van der Waals surface area contributed by atoms with Crippen molar-refractivity contribution in [1.29, 1.82) is 0 Å². The lowest BCUT2D eigenvalue weighted by atomic mass is 10.1. The molecule has 18 heavy (non-hydrogen) atoms. The van der Waals surface area contributed by atoms with Gasteiger partial charge in [0.1, 0.15) is 0 Å². The second-order valence-corrected chi connectivity index (χ2v) is 4.92. The highest BCUT2D eigenvalue weighted by Crippen LogP contribution is 2.16. The van der Waals surface area contributed by atoms with Gasteiger partial charge in [-0.15, -0.1) is 0 Å². The molecule has 1 fully saturated rings. The van der Waals surface area contributed by atoms with Gasteiger partial charge in [0.15, 0.2) is 5.82 Å². The van der Waals surface area contributed by atoms with Crippen LogP contribution in [0.4, 0.5) is 0 Å². The SMILES string of the molecule is CCCC(Cc1nc(CC2CCCO2)no1)NC. The molecule has 0 saturated carbocycles. The van der Waals surface area contributed by atoms with Crippen molar-refractivity contribution in [2.45, 2.75) is 57.6 Å². The number of aromatic nitrogens is 2. The molecule has 0 radical (unpaired) electrons. The standard InChI is InChI=1S/C13H23N3O2/c1-3-5-10(14-2)8-13-15-12(16-18-13)9-11-6-4-7-17-11/h10-11,14H,3-9H2,1-2H3. The average molecular weight is 253 g/mol. The minimum atomic E-state index is 0.284. The summed E-state index contributed by atoms with van der Waals surface area (Å²) in [4.78, 5) is 4.45. The zero-order valence-electron chi connectivity index (χ0n) is 11.3. The van der Waals surface area contributed by atoms with Crippen LogP contribution in [0.5, 0.6) is 0 Å². The molecule has 1 aromatic rings. The van der Waals surface area contributed by atoms with E-state index < -0.39 is 0 Å². The van der Waals surface area contributed by atoms with E-state index in [-0.39, 0.29) is 6.10 Å². The first kappa shape index (κ1) is 13.5. The minimum absolute atomic E-state index is 0.284. The van der Waals surface area contributed by atoms with E-state index in [0.717, 1.165) is 56.8 Å². The van der Waals surface area contributed by atoms with Gasteiger partial charge >= 0.3 is 0 Å². The van der Waals surface area contributed by atoms with Crippen molar-refractivity contribution in [3.63, 3.8) is 0 Å². The summed E-state index contributed by atoms with van der Waals surface area (Å²) in [5, 5.41) is 7.31. The predicted molar refractivity (Wildman–Crippen MR) is 68.4 cm³/mol. The molecule has 0 bridgehead atoms. The van der Waals surface area contributed by atoms with E-state index in [1.165, 1.54) is 0 Å². The molecule has 2 heterocycles. The van der Waals surface area contributed by atoms with Gasteiger partial charge in [-0.2, -0.15) is 4.98 Å². The first-order valence-corrected chi connectivity index (χ1v) is 6.92. The van der Waals surface area contributed by atoms with Gasteiger partial charge in [-0.25, -0.2) is 0 Å². The fourth-order valence-corrected chi connectivity index (χ4v) is 2.37. The molecule has 1 aromatic heterocycles. The molecule has 2 unspecified atom stereocenters. The zero-order chi connectivity index (χ0) is 12.8. The lowest BCUT2D eigenvalue weighted by Crippen LogP contribution is -2.27. The molecule has 1 saturated heterocycles. The molecule has 0 amide bonds. The largest absolute Gasteiger partial charge is 0.378 e. The van der Waals surface area contributed by atoms with Crippen molar-refractivity contribution in [2.24, 2.45) is 0 Å². The fourth-order valence-electron chi connectivity index (χ4n) is 2.37. The van der Waals surface area contributed by atoms with E-state index >= 15 is 0 Å². The van der Waals surface area contributed by atoms with Crippen LogP contribution in [0.3, 0.4) is 0 Å². The van der Waals surface area contributed by atoms with Gasteiger partial charge in [0.05, 0.1) is 6.10 Å². The van der Waals surface area contributed by atoms with Crippen LogP contribution in [0.15, 0.2) is 4.52 Å². The van der Waals surface area contributed by atoms with Crippen molar-refractivity contribution in [2.75, 3.05) is 13.7 Å². The first-order valence-electron chi connectivity index (χ1n) is 6.92. The van der Waals surface area contributed by atoms with Gasteiger partial charge in [0.2, 0.25) is 5.89 Å². The van der Waals surface area contributed by atoms with E-state index in [0.29, 0.717) is 6.04 Å². The van der Waals surface area contributed by atoms with Gasteiger partial charge in [-0.3, -0.25) is 0 Å². The van der Waals surface area contributed by atoms with Crippen LogP contribution in [0.25, 0.3) is 0 Å². The van der Waals surface area contributed by atoms with Crippen molar-refractivity contribution < 1.29 is 9.26 Å². The van der Waals surface area contributed by atoms with Crippen LogP contribution in [0.2, 0.25) is 0 Å². The minimum Gasteiger partial charge on any atom is -0.378 e. The Balaban J connectivity index is 1.84. The Bertz CT molecular complexity index is 348. The molecule has 0 aromatic carbocycles. The number of ether oxygens (including phenoxy) is 1. The summed E-state index contributed by atoms with van der Waals surface area (Å²) < 4.78 is 10.9. The summed E-state index contributed by atoms with van der Waals surface area (Å²) in [6.45, 7) is 3.05. The lowest BCUT2D eigenvalue weighted by Gasteiger charge is -2.11. The van der Waals surface area contributed by atoms with Crippen LogP contribution in [-0.4, -0.2) is 35.9 Å². The molecular formula is C13H23N3O2. The predicted octanol–water partition coefficient (Wildman–Crippen LogP) is 1.72. The topological polar surface area (TPSA) is 60.2 Å². The van der Waals surface area contributed by atoms with E-state index in [1.807, 2.05) is 7.05 Å². The number of nitrogens with zero attached hydrogens (tertiary/aromatic N) is 2. The maximum absolute atomic E-state index is 5.57. The van der Waals surface area contributed by atoms with E-state index in [1.54, 1.807) is 0 Å². The smallest absolute Gasteiger partial charge is 0.228 e. The number of likely N-dealkylation sites (N-methyl/N-ethyl adjacent to an activating group) is 1. The molecule has 2 rings (SSSR count). The molecule has 1 aliphatic heterocycles. The number of hydrogen-bond donors (Lipinski definition) is 1. The molecule has 0 spiro atoms. The summed E-state index contributed by atoms with van der Waals surface area (Å²) in [6, 6.07) is 0.422. The van der Waals surface area contributed by atoms with Crippen LogP contribution in [-0.2, 0) is 17.6 Å². The van der Waals surface area contributed by atoms with Crippen molar-refractivity contribution in [3.8, 4) is 0 Å². The summed E-state index contributed by atoms with van der Waals surface area (Å²) in [5.74, 6) is 1.51. The zero-order valence-corrected chi connectivity index (χ0v) is 11.3. The number of rotatable bonds is 7. The highest BCUT2D eigenvalue weighted by molar-refractivity contribution is 4.92. The summed E-state index contributed by atoms with van der Waals surface area (Å²) in [7, 11) is 1.98. The third-order valence-electron chi connectivity index (χ3n) is 3.41. The molecular weight excluding hydrogens is 230 g/mol. The second-order valence-electron chi connectivity index (χ2n) is 4.92. The van der Waals surface area contributed by atoms with E-state index in [2.05, 4.69) is 22.4 Å². The molecule has 5 heteroatoms. The normalized spacial score (nSPS) is 21.3. The maximum Gasteiger partial charge on any atom is 0.228 e. The Morgan fingerprint density at radius 2 is 2.39 bits per heavy atom. The molecule has 2 atom stereocenters. The highest BCUT2D eigenvalue weighted by Gasteiger charge is 2.19. The Kier molecular flexibility index (Phi) is 5.13. The second kappa shape index (κ2) is 6.85. The van der Waals surface area contributed by atoms with Crippen molar-refractivity contribution in [1.82, 2.24) is 15.5 Å². The van der Waals surface area contributed by atoms with Crippen molar-refractivity contribution >= 4 is 0 Å². The van der Waals surface area contributed by atoms with E-state index in [4.69, 9.17) is 9.26 Å².